The number of rotatable bonds is 7. The summed E-state index contributed by atoms with van der Waals surface area (Å²) in [6.07, 6.45) is 0.277. The first-order chi connectivity index (χ1) is 9.62. The van der Waals surface area contributed by atoms with Crippen molar-refractivity contribution in [3.05, 3.63) is 29.8 Å². The number of primary amides is 1. The van der Waals surface area contributed by atoms with Crippen LogP contribution in [0.15, 0.2) is 29.2 Å². The van der Waals surface area contributed by atoms with Gasteiger partial charge in [0.1, 0.15) is 0 Å². The van der Waals surface area contributed by atoms with Crippen molar-refractivity contribution < 1.29 is 18.3 Å². The van der Waals surface area contributed by atoms with Crippen LogP contribution in [-0.2, 0) is 14.6 Å². The van der Waals surface area contributed by atoms with E-state index in [1.54, 1.807) is 12.1 Å². The summed E-state index contributed by atoms with van der Waals surface area (Å²) in [6, 6.07) is 5.48. The molecule has 1 aromatic carbocycles. The molecule has 118 valence electrons. The predicted octanol–water partition coefficient (Wildman–Crippen LogP) is 0.223. The van der Waals surface area contributed by atoms with Crippen molar-refractivity contribution in [1.29, 1.82) is 0 Å². The highest BCUT2D eigenvalue weighted by Crippen LogP contribution is 2.16. The molecule has 0 fully saturated rings. The minimum Gasteiger partial charge on any atom is -0.387 e. The van der Waals surface area contributed by atoms with Crippen LogP contribution in [0.3, 0.4) is 0 Å². The first-order valence-corrected chi connectivity index (χ1v) is 8.53. The van der Waals surface area contributed by atoms with E-state index in [-0.39, 0.29) is 17.4 Å². The predicted molar refractivity (Wildman–Crippen MR) is 80.3 cm³/mol. The average molecular weight is 314 g/mol. The Labute approximate surface area is 125 Å². The number of nitrogens with one attached hydrogen (secondary N) is 1. The Morgan fingerprint density at radius 2 is 1.81 bits per heavy atom. The largest absolute Gasteiger partial charge is 0.387 e. The molecule has 0 bridgehead atoms. The molecule has 0 saturated carbocycles. The monoisotopic (exact) mass is 314 g/mol. The number of nitrogens with two attached hydrogens (primary N) is 1. The number of hydrogen-bond acceptors (Lipinski definition) is 5. The highest BCUT2D eigenvalue weighted by molar-refractivity contribution is 7.90. The van der Waals surface area contributed by atoms with Gasteiger partial charge in [-0.3, -0.25) is 4.79 Å². The van der Waals surface area contributed by atoms with E-state index in [9.17, 15) is 18.3 Å². The van der Waals surface area contributed by atoms with E-state index >= 15 is 0 Å². The van der Waals surface area contributed by atoms with Gasteiger partial charge in [0, 0.05) is 12.8 Å². The summed E-state index contributed by atoms with van der Waals surface area (Å²) >= 11 is 0. The fourth-order valence-electron chi connectivity index (χ4n) is 1.96. The lowest BCUT2D eigenvalue weighted by molar-refractivity contribution is -0.121. The van der Waals surface area contributed by atoms with Crippen LogP contribution >= 0.6 is 0 Å². The van der Waals surface area contributed by atoms with Crippen LogP contribution in [-0.4, -0.2) is 38.3 Å². The van der Waals surface area contributed by atoms with E-state index in [4.69, 9.17) is 5.73 Å². The van der Waals surface area contributed by atoms with E-state index < -0.39 is 27.9 Å². The molecule has 0 aliphatic heterocycles. The van der Waals surface area contributed by atoms with Gasteiger partial charge in [-0.1, -0.05) is 26.0 Å². The maximum Gasteiger partial charge on any atom is 0.234 e. The van der Waals surface area contributed by atoms with Gasteiger partial charge in [-0.05, 0) is 23.6 Å². The summed E-state index contributed by atoms with van der Waals surface area (Å²) < 4.78 is 22.7. The molecule has 2 atom stereocenters. The van der Waals surface area contributed by atoms with E-state index in [0.717, 1.165) is 6.26 Å². The molecule has 1 rings (SSSR count). The summed E-state index contributed by atoms with van der Waals surface area (Å²) in [4.78, 5) is 11.5. The molecule has 4 N–H and O–H groups in total. The van der Waals surface area contributed by atoms with Crippen LogP contribution in [0, 0.1) is 5.92 Å². The fraction of sp³-hybridized carbons (Fsp3) is 0.500. The van der Waals surface area contributed by atoms with Crippen LogP contribution in [0.25, 0.3) is 0 Å². The lowest BCUT2D eigenvalue weighted by Gasteiger charge is -2.21. The Morgan fingerprint density at radius 3 is 2.19 bits per heavy atom. The Kier molecular flexibility index (Phi) is 5.88. The second kappa shape index (κ2) is 7.02. The minimum absolute atomic E-state index is 0.0160. The van der Waals surface area contributed by atoms with Gasteiger partial charge in [-0.15, -0.1) is 0 Å². The summed E-state index contributed by atoms with van der Waals surface area (Å²) in [6.45, 7) is 3.87. The highest BCUT2D eigenvalue weighted by atomic mass is 32.2. The molecule has 0 heterocycles. The molecular formula is C14H22N2O4S. The average Bonchev–Trinajstić information content (AvgIpc) is 2.37. The van der Waals surface area contributed by atoms with Gasteiger partial charge in [0.15, 0.2) is 9.84 Å². The molecule has 1 aromatic rings. The molecule has 0 saturated heterocycles. The van der Waals surface area contributed by atoms with Gasteiger partial charge < -0.3 is 16.2 Å². The number of benzene rings is 1. The van der Waals surface area contributed by atoms with E-state index in [1.807, 2.05) is 13.8 Å². The number of aliphatic hydroxyl groups is 1. The normalized spacial score (nSPS) is 14.9. The Balaban J connectivity index is 2.72. The van der Waals surface area contributed by atoms with Crippen LogP contribution in [0.1, 0.15) is 25.5 Å². The zero-order valence-corrected chi connectivity index (χ0v) is 13.2. The molecule has 6 nitrogen and oxygen atoms in total. The molecule has 0 radical (unpaired) electrons. The number of amides is 1. The quantitative estimate of drug-likeness (QED) is 0.667. The molecule has 0 aliphatic carbocycles. The molecule has 0 aliphatic rings. The number of carbonyl (C=O) groups excluding carboxylic acids is 1. The van der Waals surface area contributed by atoms with Crippen LogP contribution in [0.2, 0.25) is 0 Å². The fourth-order valence-corrected chi connectivity index (χ4v) is 2.59. The van der Waals surface area contributed by atoms with E-state index in [1.165, 1.54) is 12.1 Å². The number of aliphatic hydroxyl groups excluding tert-OH is 1. The Bertz CT molecular complexity index is 581. The van der Waals surface area contributed by atoms with E-state index in [0.29, 0.717) is 5.56 Å². The maximum absolute atomic E-state index is 11.4. The van der Waals surface area contributed by atoms with Crippen LogP contribution in [0.5, 0.6) is 0 Å². The molecule has 21 heavy (non-hydrogen) atoms. The first-order valence-electron chi connectivity index (χ1n) is 6.63. The van der Waals surface area contributed by atoms with Crippen LogP contribution < -0.4 is 11.1 Å². The molecule has 0 spiro atoms. The van der Waals surface area contributed by atoms with Crippen molar-refractivity contribution in [1.82, 2.24) is 5.32 Å². The zero-order valence-electron chi connectivity index (χ0n) is 12.4. The summed E-state index contributed by atoms with van der Waals surface area (Å²) in [5, 5.41) is 13.0. The van der Waals surface area contributed by atoms with Gasteiger partial charge in [-0.25, -0.2) is 8.42 Å². The van der Waals surface area contributed by atoms with Crippen molar-refractivity contribution in [2.45, 2.75) is 30.9 Å². The second-order valence-electron chi connectivity index (χ2n) is 5.39. The third-order valence-electron chi connectivity index (χ3n) is 3.20. The van der Waals surface area contributed by atoms with Crippen molar-refractivity contribution in [3.8, 4) is 0 Å². The lowest BCUT2D eigenvalue weighted by Crippen LogP contribution is -2.46. The number of hydrogen-bond donors (Lipinski definition) is 3. The van der Waals surface area contributed by atoms with Crippen molar-refractivity contribution in [2.75, 3.05) is 12.8 Å². The summed E-state index contributed by atoms with van der Waals surface area (Å²) in [5.41, 5.74) is 5.85. The molecular weight excluding hydrogens is 292 g/mol. The topological polar surface area (TPSA) is 109 Å². The van der Waals surface area contributed by atoms with Crippen LogP contribution in [0.4, 0.5) is 0 Å². The summed E-state index contributed by atoms with van der Waals surface area (Å²) in [7, 11) is -3.25. The smallest absolute Gasteiger partial charge is 0.234 e. The van der Waals surface area contributed by atoms with E-state index in [2.05, 4.69) is 5.32 Å². The number of carbonyl (C=O) groups is 1. The highest BCUT2D eigenvalue weighted by Gasteiger charge is 2.20. The number of sulfone groups is 1. The van der Waals surface area contributed by atoms with Gasteiger partial charge in [-0.2, -0.15) is 0 Å². The SMILES string of the molecule is CC(C)C(NCC(O)c1ccc(S(C)(=O)=O)cc1)C(N)=O. The van der Waals surface area contributed by atoms with Gasteiger partial charge in [0.25, 0.3) is 0 Å². The second-order valence-corrected chi connectivity index (χ2v) is 7.41. The standard InChI is InChI=1S/C14H22N2O4S/c1-9(2)13(14(15)18)16-8-12(17)10-4-6-11(7-5-10)21(3,19)20/h4-7,9,12-13,16-17H,8H2,1-3H3,(H2,15,18). The lowest BCUT2D eigenvalue weighted by atomic mass is 10.0. The maximum atomic E-state index is 11.4. The van der Waals surface area contributed by atoms with Crippen molar-refractivity contribution in [2.24, 2.45) is 11.7 Å². The van der Waals surface area contributed by atoms with Crippen molar-refractivity contribution >= 4 is 15.7 Å². The third-order valence-corrected chi connectivity index (χ3v) is 4.33. The Morgan fingerprint density at radius 1 is 1.29 bits per heavy atom. The summed E-state index contributed by atoms with van der Waals surface area (Å²) in [5.74, 6) is -0.452. The molecule has 7 heteroatoms. The van der Waals surface area contributed by atoms with Gasteiger partial charge >= 0.3 is 0 Å². The molecule has 0 aromatic heterocycles. The van der Waals surface area contributed by atoms with Gasteiger partial charge in [0.05, 0.1) is 17.0 Å². The third kappa shape index (κ3) is 5.11. The molecule has 1 amide bonds. The Hall–Kier alpha value is -1.44. The first kappa shape index (κ1) is 17.6. The minimum atomic E-state index is -3.25. The van der Waals surface area contributed by atoms with Gasteiger partial charge in [0.2, 0.25) is 5.91 Å². The molecule has 2 unspecified atom stereocenters. The zero-order chi connectivity index (χ0) is 16.2. The van der Waals surface area contributed by atoms with Crippen molar-refractivity contribution in [3.63, 3.8) is 0 Å².